The first-order valence-electron chi connectivity index (χ1n) is 5.75. The predicted octanol–water partition coefficient (Wildman–Crippen LogP) is 2.56. The van der Waals surface area contributed by atoms with Crippen LogP contribution in [0.5, 0.6) is 0 Å². The molecule has 92 valence electrons. The van der Waals surface area contributed by atoms with Gasteiger partial charge in [-0.2, -0.15) is 0 Å². The van der Waals surface area contributed by atoms with E-state index in [0.29, 0.717) is 16.0 Å². The monoisotopic (exact) mass is 299 g/mol. The zero-order chi connectivity index (χ0) is 12.4. The van der Waals surface area contributed by atoms with Crippen molar-refractivity contribution in [2.24, 2.45) is 11.8 Å². The van der Waals surface area contributed by atoms with Crippen molar-refractivity contribution in [3.05, 3.63) is 34.1 Å². The van der Waals surface area contributed by atoms with Crippen LogP contribution in [0, 0.1) is 17.7 Å². The lowest BCUT2D eigenvalue weighted by molar-refractivity contribution is -0.123. The molecule has 1 aromatic rings. The maximum absolute atomic E-state index is 13.6. The van der Waals surface area contributed by atoms with Crippen LogP contribution in [0.1, 0.15) is 12.5 Å². The maximum Gasteiger partial charge on any atom is 0.140 e. The zero-order valence-electron chi connectivity index (χ0n) is 9.67. The van der Waals surface area contributed by atoms with Gasteiger partial charge in [0.25, 0.3) is 0 Å². The van der Waals surface area contributed by atoms with Crippen LogP contribution >= 0.6 is 15.9 Å². The van der Waals surface area contributed by atoms with E-state index in [9.17, 15) is 9.18 Å². The molecule has 1 unspecified atom stereocenters. The van der Waals surface area contributed by atoms with Crippen molar-refractivity contribution in [3.8, 4) is 0 Å². The number of carbonyl (C=O) groups is 1. The lowest BCUT2D eigenvalue weighted by Gasteiger charge is -2.31. The highest BCUT2D eigenvalue weighted by Gasteiger charge is 2.28. The molecule has 1 aromatic carbocycles. The summed E-state index contributed by atoms with van der Waals surface area (Å²) in [6, 6.07) is 4.84. The fourth-order valence-corrected chi connectivity index (χ4v) is 2.27. The first-order chi connectivity index (χ1) is 8.08. The highest BCUT2D eigenvalue weighted by atomic mass is 79.9. The fraction of sp³-hybridized carbons (Fsp3) is 0.462. The van der Waals surface area contributed by atoms with Crippen molar-refractivity contribution in [1.82, 2.24) is 5.32 Å². The molecular formula is C13H15BrFNO. The number of benzene rings is 1. The Hall–Kier alpha value is -0.740. The van der Waals surface area contributed by atoms with E-state index >= 15 is 0 Å². The third-order valence-corrected chi connectivity index (χ3v) is 3.90. The van der Waals surface area contributed by atoms with Crippen LogP contribution in [-0.2, 0) is 11.2 Å². The molecule has 0 aromatic heterocycles. The van der Waals surface area contributed by atoms with E-state index in [0.717, 1.165) is 13.1 Å². The van der Waals surface area contributed by atoms with E-state index in [1.165, 1.54) is 6.07 Å². The molecule has 2 rings (SSSR count). The molecule has 1 saturated heterocycles. The van der Waals surface area contributed by atoms with Gasteiger partial charge in [-0.25, -0.2) is 4.39 Å². The lowest BCUT2D eigenvalue weighted by atomic mass is 9.84. The Labute approximate surface area is 109 Å². The predicted molar refractivity (Wildman–Crippen MR) is 68.3 cm³/mol. The standard InChI is InChI=1S/C13H15BrFNO/c1-8(10-6-16-7-10)13(17)4-9-2-3-11(14)5-12(9)15/h2-3,5,8,10,16H,4,6-7H2,1H3. The molecule has 0 amide bonds. The maximum atomic E-state index is 13.6. The Morgan fingerprint density at radius 1 is 1.59 bits per heavy atom. The Balaban J connectivity index is 2.02. The molecule has 1 N–H and O–H groups in total. The van der Waals surface area contributed by atoms with Gasteiger partial charge in [-0.3, -0.25) is 4.79 Å². The summed E-state index contributed by atoms with van der Waals surface area (Å²) in [5.41, 5.74) is 0.484. The van der Waals surface area contributed by atoms with E-state index in [4.69, 9.17) is 0 Å². The summed E-state index contributed by atoms with van der Waals surface area (Å²) in [5, 5.41) is 3.15. The summed E-state index contributed by atoms with van der Waals surface area (Å²) < 4.78 is 14.3. The molecular weight excluding hydrogens is 285 g/mol. The van der Waals surface area contributed by atoms with Gasteiger partial charge in [0.15, 0.2) is 0 Å². The van der Waals surface area contributed by atoms with Gasteiger partial charge >= 0.3 is 0 Å². The van der Waals surface area contributed by atoms with Gasteiger partial charge in [0, 0.05) is 16.8 Å². The highest BCUT2D eigenvalue weighted by Crippen LogP contribution is 2.21. The Kier molecular flexibility index (Phi) is 3.94. The van der Waals surface area contributed by atoms with Crippen LogP contribution in [0.3, 0.4) is 0 Å². The molecule has 0 aliphatic carbocycles. The highest BCUT2D eigenvalue weighted by molar-refractivity contribution is 9.10. The number of Topliss-reactive ketones (excluding diaryl/α,β-unsaturated/α-hetero) is 1. The zero-order valence-corrected chi connectivity index (χ0v) is 11.3. The number of rotatable bonds is 4. The normalized spacial score (nSPS) is 17.6. The quantitative estimate of drug-likeness (QED) is 0.926. The first kappa shape index (κ1) is 12.7. The number of ketones is 1. The van der Waals surface area contributed by atoms with Gasteiger partial charge in [-0.15, -0.1) is 0 Å². The number of nitrogens with one attached hydrogen (secondary N) is 1. The molecule has 17 heavy (non-hydrogen) atoms. The molecule has 2 nitrogen and oxygen atoms in total. The summed E-state index contributed by atoms with van der Waals surface area (Å²) in [4.78, 5) is 12.0. The van der Waals surface area contributed by atoms with Crippen LogP contribution in [0.2, 0.25) is 0 Å². The van der Waals surface area contributed by atoms with Gasteiger partial charge in [-0.05, 0) is 36.7 Å². The summed E-state index contributed by atoms with van der Waals surface area (Å²) in [6.07, 6.45) is 0.191. The minimum Gasteiger partial charge on any atom is -0.316 e. The largest absolute Gasteiger partial charge is 0.316 e. The summed E-state index contributed by atoms with van der Waals surface area (Å²) in [5.74, 6) is 0.240. The second-order valence-corrected chi connectivity index (χ2v) is 5.50. The van der Waals surface area contributed by atoms with Crippen molar-refractivity contribution in [2.45, 2.75) is 13.3 Å². The van der Waals surface area contributed by atoms with E-state index in [-0.39, 0.29) is 23.9 Å². The van der Waals surface area contributed by atoms with Crippen molar-refractivity contribution in [2.75, 3.05) is 13.1 Å². The van der Waals surface area contributed by atoms with Crippen LogP contribution in [0.15, 0.2) is 22.7 Å². The van der Waals surface area contributed by atoms with Gasteiger partial charge in [0.2, 0.25) is 0 Å². The number of halogens is 2. The SMILES string of the molecule is CC(C(=O)Cc1ccc(Br)cc1F)C1CNC1. The minimum absolute atomic E-state index is 0.0132. The van der Waals surface area contributed by atoms with Gasteiger partial charge in [-0.1, -0.05) is 28.9 Å². The smallest absolute Gasteiger partial charge is 0.140 e. The summed E-state index contributed by atoms with van der Waals surface area (Å²) in [6.45, 7) is 3.73. The van der Waals surface area contributed by atoms with Crippen molar-refractivity contribution in [1.29, 1.82) is 0 Å². The van der Waals surface area contributed by atoms with Crippen molar-refractivity contribution < 1.29 is 9.18 Å². The van der Waals surface area contributed by atoms with Crippen LogP contribution in [-0.4, -0.2) is 18.9 Å². The molecule has 1 aliphatic rings. The van der Waals surface area contributed by atoms with E-state index in [1.54, 1.807) is 12.1 Å². The van der Waals surface area contributed by atoms with E-state index in [2.05, 4.69) is 21.2 Å². The van der Waals surface area contributed by atoms with E-state index < -0.39 is 0 Å². The average molecular weight is 300 g/mol. The number of hydrogen-bond acceptors (Lipinski definition) is 2. The summed E-state index contributed by atoms with van der Waals surface area (Å²) in [7, 11) is 0. The Morgan fingerprint density at radius 2 is 2.29 bits per heavy atom. The molecule has 0 saturated carbocycles. The molecule has 1 aliphatic heterocycles. The van der Waals surface area contributed by atoms with Gasteiger partial charge in [0.1, 0.15) is 11.6 Å². The third-order valence-electron chi connectivity index (χ3n) is 3.41. The molecule has 0 bridgehead atoms. The molecule has 1 atom stereocenters. The van der Waals surface area contributed by atoms with Crippen LogP contribution in [0.4, 0.5) is 4.39 Å². The second-order valence-electron chi connectivity index (χ2n) is 4.59. The van der Waals surface area contributed by atoms with Gasteiger partial charge < -0.3 is 5.32 Å². The second kappa shape index (κ2) is 5.27. The topological polar surface area (TPSA) is 29.1 Å². The molecule has 0 radical (unpaired) electrons. The van der Waals surface area contributed by atoms with Crippen molar-refractivity contribution >= 4 is 21.7 Å². The Bertz CT molecular complexity index is 431. The number of hydrogen-bond donors (Lipinski definition) is 1. The lowest BCUT2D eigenvalue weighted by Crippen LogP contribution is -2.47. The molecule has 1 heterocycles. The Morgan fingerprint density at radius 3 is 2.82 bits per heavy atom. The fourth-order valence-electron chi connectivity index (χ4n) is 1.94. The number of carbonyl (C=O) groups excluding carboxylic acids is 1. The van der Waals surface area contributed by atoms with Crippen LogP contribution < -0.4 is 5.32 Å². The minimum atomic E-state index is -0.313. The van der Waals surface area contributed by atoms with E-state index in [1.807, 2.05) is 6.92 Å². The van der Waals surface area contributed by atoms with Crippen molar-refractivity contribution in [3.63, 3.8) is 0 Å². The van der Waals surface area contributed by atoms with Crippen LogP contribution in [0.25, 0.3) is 0 Å². The summed E-state index contributed by atoms with van der Waals surface area (Å²) >= 11 is 3.20. The average Bonchev–Trinajstić information content (AvgIpc) is 2.19. The van der Waals surface area contributed by atoms with Gasteiger partial charge in [0.05, 0.1) is 0 Å². The molecule has 0 spiro atoms. The molecule has 1 fully saturated rings. The first-order valence-corrected chi connectivity index (χ1v) is 6.54. The molecule has 4 heteroatoms. The third kappa shape index (κ3) is 2.93.